The molecule has 15 heavy (non-hydrogen) atoms. The highest BCUT2D eigenvalue weighted by Crippen LogP contribution is 2.17. The van der Waals surface area contributed by atoms with Gasteiger partial charge in [-0.05, 0) is 39.3 Å². The summed E-state index contributed by atoms with van der Waals surface area (Å²) in [7, 11) is 2.09. The van der Waals surface area contributed by atoms with Crippen LogP contribution < -0.4 is 5.32 Å². The molecule has 0 aromatic rings. The fraction of sp³-hybridized carbons (Fsp3) is 1.00. The molecule has 2 atom stereocenters. The van der Waals surface area contributed by atoms with E-state index in [0.717, 1.165) is 12.0 Å². The van der Waals surface area contributed by atoms with E-state index in [1.807, 2.05) is 0 Å². The van der Waals surface area contributed by atoms with E-state index in [1.165, 1.54) is 38.8 Å². The lowest BCUT2D eigenvalue weighted by Crippen LogP contribution is -2.45. The molecule has 1 aliphatic rings. The van der Waals surface area contributed by atoms with Crippen molar-refractivity contribution in [3.05, 3.63) is 0 Å². The quantitative estimate of drug-likeness (QED) is 0.770. The van der Waals surface area contributed by atoms with Crippen molar-refractivity contribution in [3.63, 3.8) is 0 Å². The SMILES string of the molecule is CNC(CN1CCCCCC1C)C(C)C. The van der Waals surface area contributed by atoms with Crippen LogP contribution in [0.4, 0.5) is 0 Å². The first-order valence-corrected chi connectivity index (χ1v) is 6.56. The van der Waals surface area contributed by atoms with Gasteiger partial charge in [0.15, 0.2) is 0 Å². The minimum Gasteiger partial charge on any atom is -0.315 e. The molecule has 0 amide bonds. The third kappa shape index (κ3) is 4.12. The summed E-state index contributed by atoms with van der Waals surface area (Å²) in [5.74, 6) is 0.727. The van der Waals surface area contributed by atoms with Crippen molar-refractivity contribution in [2.24, 2.45) is 5.92 Å². The normalized spacial score (nSPS) is 26.6. The number of likely N-dealkylation sites (tertiary alicyclic amines) is 1. The number of likely N-dealkylation sites (N-methyl/N-ethyl adjacent to an activating group) is 1. The molecule has 0 radical (unpaired) electrons. The molecule has 2 unspecified atom stereocenters. The summed E-state index contributed by atoms with van der Waals surface area (Å²) in [4.78, 5) is 2.67. The van der Waals surface area contributed by atoms with Gasteiger partial charge < -0.3 is 5.32 Å². The van der Waals surface area contributed by atoms with Crippen LogP contribution in [-0.2, 0) is 0 Å². The summed E-state index contributed by atoms with van der Waals surface area (Å²) in [5.41, 5.74) is 0. The molecule has 2 nitrogen and oxygen atoms in total. The van der Waals surface area contributed by atoms with Crippen LogP contribution in [0.3, 0.4) is 0 Å². The van der Waals surface area contributed by atoms with Crippen LogP contribution in [0.2, 0.25) is 0 Å². The van der Waals surface area contributed by atoms with Crippen molar-refractivity contribution in [2.75, 3.05) is 20.1 Å². The molecule has 1 saturated heterocycles. The monoisotopic (exact) mass is 212 g/mol. The molecule has 1 heterocycles. The molecule has 0 saturated carbocycles. The predicted octanol–water partition coefficient (Wildman–Crippen LogP) is 2.49. The molecule has 0 aromatic heterocycles. The van der Waals surface area contributed by atoms with Gasteiger partial charge in [-0.25, -0.2) is 0 Å². The molecule has 1 N–H and O–H groups in total. The van der Waals surface area contributed by atoms with E-state index in [0.29, 0.717) is 6.04 Å². The van der Waals surface area contributed by atoms with Gasteiger partial charge in [-0.3, -0.25) is 4.90 Å². The average Bonchev–Trinajstić information content (AvgIpc) is 2.39. The molecule has 90 valence electrons. The largest absolute Gasteiger partial charge is 0.315 e. The summed E-state index contributed by atoms with van der Waals surface area (Å²) >= 11 is 0. The second-order valence-electron chi connectivity index (χ2n) is 5.33. The Balaban J connectivity index is 2.45. The van der Waals surface area contributed by atoms with Crippen molar-refractivity contribution in [2.45, 2.75) is 58.5 Å². The molecule has 1 rings (SSSR count). The van der Waals surface area contributed by atoms with Gasteiger partial charge in [0.1, 0.15) is 0 Å². The van der Waals surface area contributed by atoms with Gasteiger partial charge >= 0.3 is 0 Å². The Hall–Kier alpha value is -0.0800. The molecule has 0 bridgehead atoms. The fourth-order valence-corrected chi connectivity index (χ4v) is 2.49. The summed E-state index contributed by atoms with van der Waals surface area (Å²) in [5, 5.41) is 3.45. The molecular formula is C13H28N2. The van der Waals surface area contributed by atoms with Crippen molar-refractivity contribution in [3.8, 4) is 0 Å². The van der Waals surface area contributed by atoms with Gasteiger partial charge in [-0.15, -0.1) is 0 Å². The Morgan fingerprint density at radius 2 is 2.00 bits per heavy atom. The minimum atomic E-state index is 0.644. The zero-order valence-electron chi connectivity index (χ0n) is 10.9. The topological polar surface area (TPSA) is 15.3 Å². The van der Waals surface area contributed by atoms with E-state index in [-0.39, 0.29) is 0 Å². The Morgan fingerprint density at radius 3 is 2.60 bits per heavy atom. The molecule has 0 aromatic carbocycles. The summed E-state index contributed by atoms with van der Waals surface area (Å²) in [6.07, 6.45) is 5.61. The van der Waals surface area contributed by atoms with Crippen molar-refractivity contribution >= 4 is 0 Å². The van der Waals surface area contributed by atoms with Gasteiger partial charge in [0.05, 0.1) is 0 Å². The van der Waals surface area contributed by atoms with Crippen LogP contribution >= 0.6 is 0 Å². The van der Waals surface area contributed by atoms with Crippen LogP contribution in [-0.4, -0.2) is 37.1 Å². The van der Waals surface area contributed by atoms with Gasteiger partial charge in [-0.2, -0.15) is 0 Å². The van der Waals surface area contributed by atoms with Crippen molar-refractivity contribution in [1.29, 1.82) is 0 Å². The smallest absolute Gasteiger partial charge is 0.0215 e. The molecular weight excluding hydrogens is 184 g/mol. The maximum atomic E-state index is 3.45. The van der Waals surface area contributed by atoms with Crippen LogP contribution in [0.5, 0.6) is 0 Å². The number of hydrogen-bond donors (Lipinski definition) is 1. The molecule has 0 aliphatic carbocycles. The minimum absolute atomic E-state index is 0.644. The number of nitrogens with one attached hydrogen (secondary N) is 1. The van der Waals surface area contributed by atoms with Crippen molar-refractivity contribution in [1.82, 2.24) is 10.2 Å². The van der Waals surface area contributed by atoms with Crippen LogP contribution in [0.1, 0.15) is 46.5 Å². The van der Waals surface area contributed by atoms with Gasteiger partial charge in [0.2, 0.25) is 0 Å². The lowest BCUT2D eigenvalue weighted by Gasteiger charge is -2.32. The Bertz CT molecular complexity index is 168. The predicted molar refractivity (Wildman–Crippen MR) is 67.2 cm³/mol. The van der Waals surface area contributed by atoms with Crippen LogP contribution in [0.25, 0.3) is 0 Å². The maximum absolute atomic E-state index is 3.45. The van der Waals surface area contributed by atoms with E-state index in [4.69, 9.17) is 0 Å². The molecule has 1 aliphatic heterocycles. The number of nitrogens with zero attached hydrogens (tertiary/aromatic N) is 1. The van der Waals surface area contributed by atoms with Gasteiger partial charge in [0.25, 0.3) is 0 Å². The Labute approximate surface area is 95.4 Å². The van der Waals surface area contributed by atoms with E-state index in [2.05, 4.69) is 38.0 Å². The Kier molecular flexibility index (Phi) is 5.62. The first kappa shape index (κ1) is 13.0. The molecule has 0 spiro atoms. The number of rotatable bonds is 4. The second kappa shape index (κ2) is 6.49. The van der Waals surface area contributed by atoms with Gasteiger partial charge in [-0.1, -0.05) is 26.7 Å². The van der Waals surface area contributed by atoms with E-state index < -0.39 is 0 Å². The first-order chi connectivity index (χ1) is 7.15. The maximum Gasteiger partial charge on any atom is 0.0215 e. The Morgan fingerprint density at radius 1 is 1.27 bits per heavy atom. The summed E-state index contributed by atoms with van der Waals surface area (Å²) < 4.78 is 0. The number of hydrogen-bond acceptors (Lipinski definition) is 2. The lowest BCUT2D eigenvalue weighted by atomic mass is 10.0. The highest BCUT2D eigenvalue weighted by molar-refractivity contribution is 4.78. The summed E-state index contributed by atoms with van der Waals surface area (Å²) in [6.45, 7) is 9.52. The van der Waals surface area contributed by atoms with Crippen LogP contribution in [0, 0.1) is 5.92 Å². The third-order valence-corrected chi connectivity index (χ3v) is 3.80. The highest BCUT2D eigenvalue weighted by Gasteiger charge is 2.21. The highest BCUT2D eigenvalue weighted by atomic mass is 15.2. The zero-order chi connectivity index (χ0) is 11.3. The zero-order valence-corrected chi connectivity index (χ0v) is 10.9. The van der Waals surface area contributed by atoms with Crippen LogP contribution in [0.15, 0.2) is 0 Å². The van der Waals surface area contributed by atoms with E-state index in [9.17, 15) is 0 Å². The standard InChI is InChI=1S/C13H28N2/c1-11(2)13(14-4)10-15-9-7-5-6-8-12(15)3/h11-14H,5-10H2,1-4H3. The van der Waals surface area contributed by atoms with Crippen molar-refractivity contribution < 1.29 is 0 Å². The van der Waals surface area contributed by atoms with E-state index in [1.54, 1.807) is 0 Å². The lowest BCUT2D eigenvalue weighted by molar-refractivity contribution is 0.177. The van der Waals surface area contributed by atoms with Gasteiger partial charge in [0, 0.05) is 18.6 Å². The molecule has 2 heteroatoms. The summed E-state index contributed by atoms with van der Waals surface area (Å²) in [6, 6.07) is 1.42. The molecule has 1 fully saturated rings. The fourth-order valence-electron chi connectivity index (χ4n) is 2.49. The third-order valence-electron chi connectivity index (χ3n) is 3.80. The first-order valence-electron chi connectivity index (χ1n) is 6.56. The average molecular weight is 212 g/mol. The second-order valence-corrected chi connectivity index (χ2v) is 5.33. The van der Waals surface area contributed by atoms with E-state index >= 15 is 0 Å².